The van der Waals surface area contributed by atoms with Gasteiger partial charge in [-0.05, 0) is 42.5 Å². The number of anilines is 1. The Morgan fingerprint density at radius 2 is 1.70 bits per heavy atom. The largest absolute Gasteiger partial charge is 0.482 e. The van der Waals surface area contributed by atoms with Crippen LogP contribution in [0, 0.1) is 0 Å². The second-order valence-electron chi connectivity index (χ2n) is 6.02. The first kappa shape index (κ1) is 21.0. The molecular formula is C19H16N2O8S. The van der Waals surface area contributed by atoms with E-state index in [4.69, 9.17) is 19.0 Å². The molecule has 3 rings (SSSR count). The predicted octanol–water partition coefficient (Wildman–Crippen LogP) is 1.00. The molecule has 0 fully saturated rings. The molecule has 0 aliphatic carbocycles. The Hall–Kier alpha value is -3.70. The van der Waals surface area contributed by atoms with Crippen LogP contribution in [-0.4, -0.2) is 33.5 Å². The molecule has 0 radical (unpaired) electrons. The molecule has 0 spiro atoms. The summed E-state index contributed by atoms with van der Waals surface area (Å²) < 4.78 is 37.5. The summed E-state index contributed by atoms with van der Waals surface area (Å²) in [7, 11) is -3.83. The summed E-state index contributed by atoms with van der Waals surface area (Å²) in [4.78, 5) is 34.8. The van der Waals surface area contributed by atoms with Crippen LogP contribution in [0.5, 0.6) is 5.75 Å². The van der Waals surface area contributed by atoms with Gasteiger partial charge in [0, 0.05) is 23.2 Å². The number of ether oxygens (including phenoxy) is 2. The summed E-state index contributed by atoms with van der Waals surface area (Å²) >= 11 is 0. The Labute approximate surface area is 170 Å². The summed E-state index contributed by atoms with van der Waals surface area (Å²) in [5, 5.41) is 8.12. The number of carbonyl (C=O) groups excluding carboxylic acids is 2. The van der Waals surface area contributed by atoms with Gasteiger partial charge in [0.1, 0.15) is 11.3 Å². The number of nitrogens with one attached hydrogen (secondary N) is 1. The second-order valence-corrected chi connectivity index (χ2v) is 7.58. The van der Waals surface area contributed by atoms with Crippen molar-refractivity contribution in [1.82, 2.24) is 0 Å². The van der Waals surface area contributed by atoms with Gasteiger partial charge >= 0.3 is 11.6 Å². The SMILES string of the molecule is NS(=O)(=O)c1ccc(NC(=O)COC(=O)COc2ccc3ccc(=O)oc3c2)cc1. The van der Waals surface area contributed by atoms with Gasteiger partial charge in [-0.15, -0.1) is 0 Å². The standard InChI is InChI=1S/C19H16N2O8S/c20-30(25,26)15-6-3-13(4-7-15)21-17(22)10-28-19(24)11-27-14-5-1-12-2-8-18(23)29-16(12)9-14/h1-9H,10-11H2,(H,21,22)(H2,20,25,26). The summed E-state index contributed by atoms with van der Waals surface area (Å²) in [5.41, 5.74) is 0.0999. The van der Waals surface area contributed by atoms with Crippen molar-refractivity contribution in [3.8, 4) is 5.75 Å². The lowest BCUT2D eigenvalue weighted by atomic mass is 10.2. The van der Waals surface area contributed by atoms with E-state index in [1.165, 1.54) is 36.4 Å². The van der Waals surface area contributed by atoms with Gasteiger partial charge in [0.05, 0.1) is 4.90 Å². The van der Waals surface area contributed by atoms with Crippen LogP contribution in [0.25, 0.3) is 11.0 Å². The first-order valence-corrected chi connectivity index (χ1v) is 10.0. The highest BCUT2D eigenvalue weighted by Gasteiger charge is 2.11. The van der Waals surface area contributed by atoms with Crippen molar-refractivity contribution in [3.63, 3.8) is 0 Å². The lowest BCUT2D eigenvalue weighted by Gasteiger charge is -2.08. The Balaban J connectivity index is 1.47. The molecule has 1 heterocycles. The highest BCUT2D eigenvalue weighted by atomic mass is 32.2. The summed E-state index contributed by atoms with van der Waals surface area (Å²) in [6.45, 7) is -1.02. The third-order valence-electron chi connectivity index (χ3n) is 3.78. The number of esters is 1. The van der Waals surface area contributed by atoms with Gasteiger partial charge in [0.15, 0.2) is 13.2 Å². The molecule has 10 nitrogen and oxygen atoms in total. The Kier molecular flexibility index (Phi) is 6.14. The Morgan fingerprint density at radius 1 is 1.00 bits per heavy atom. The molecule has 0 bridgehead atoms. The number of hydrogen-bond acceptors (Lipinski definition) is 8. The molecule has 0 aliphatic heterocycles. The van der Waals surface area contributed by atoms with Gasteiger partial charge in [-0.2, -0.15) is 0 Å². The average molecular weight is 432 g/mol. The minimum Gasteiger partial charge on any atom is -0.482 e. The third-order valence-corrected chi connectivity index (χ3v) is 4.71. The molecule has 30 heavy (non-hydrogen) atoms. The van der Waals surface area contributed by atoms with E-state index in [0.717, 1.165) is 0 Å². The zero-order valence-electron chi connectivity index (χ0n) is 15.4. The smallest absolute Gasteiger partial charge is 0.344 e. The van der Waals surface area contributed by atoms with Crippen LogP contribution < -0.4 is 20.8 Å². The number of amides is 1. The number of primary sulfonamides is 1. The predicted molar refractivity (Wildman–Crippen MR) is 105 cm³/mol. The molecule has 0 atom stereocenters. The van der Waals surface area contributed by atoms with Crippen molar-refractivity contribution >= 4 is 38.6 Å². The molecule has 0 aliphatic rings. The topological polar surface area (TPSA) is 155 Å². The third kappa shape index (κ3) is 5.65. The van der Waals surface area contributed by atoms with E-state index in [2.05, 4.69) is 5.32 Å². The molecular weight excluding hydrogens is 416 g/mol. The zero-order valence-corrected chi connectivity index (χ0v) is 16.2. The van der Waals surface area contributed by atoms with Crippen molar-refractivity contribution < 1.29 is 31.9 Å². The average Bonchev–Trinajstić information content (AvgIpc) is 2.70. The summed E-state index contributed by atoms with van der Waals surface area (Å²) in [6.07, 6.45) is 0. The van der Waals surface area contributed by atoms with Crippen molar-refractivity contribution in [1.29, 1.82) is 0 Å². The van der Waals surface area contributed by atoms with Crippen molar-refractivity contribution in [2.45, 2.75) is 4.90 Å². The maximum Gasteiger partial charge on any atom is 0.344 e. The highest BCUT2D eigenvalue weighted by molar-refractivity contribution is 7.89. The highest BCUT2D eigenvalue weighted by Crippen LogP contribution is 2.19. The molecule has 1 amide bonds. The molecule has 0 unspecified atom stereocenters. The Bertz CT molecular complexity index is 1250. The molecule has 1 aromatic heterocycles. The summed E-state index contributed by atoms with van der Waals surface area (Å²) in [5.74, 6) is -1.13. The molecule has 0 saturated heterocycles. The van der Waals surface area contributed by atoms with E-state index in [1.54, 1.807) is 18.2 Å². The van der Waals surface area contributed by atoms with Crippen LogP contribution in [0.3, 0.4) is 0 Å². The van der Waals surface area contributed by atoms with Crippen molar-refractivity contribution in [3.05, 3.63) is 65.0 Å². The van der Waals surface area contributed by atoms with Crippen LogP contribution in [-0.2, 0) is 24.3 Å². The number of fused-ring (bicyclic) bond motifs is 1. The molecule has 2 aromatic carbocycles. The van der Waals surface area contributed by atoms with E-state index in [1.807, 2.05) is 0 Å². The van der Waals surface area contributed by atoms with Crippen LogP contribution in [0.4, 0.5) is 5.69 Å². The van der Waals surface area contributed by atoms with Gasteiger partial charge in [0.25, 0.3) is 5.91 Å². The number of carbonyl (C=O) groups is 2. The van der Waals surface area contributed by atoms with Gasteiger partial charge in [-0.25, -0.2) is 23.1 Å². The second kappa shape index (κ2) is 8.76. The quantitative estimate of drug-likeness (QED) is 0.414. The normalized spacial score (nSPS) is 11.1. The number of hydrogen-bond donors (Lipinski definition) is 2. The lowest BCUT2D eigenvalue weighted by molar-refractivity contribution is -0.149. The first-order chi connectivity index (χ1) is 14.2. The minimum absolute atomic E-state index is 0.1000. The van der Waals surface area contributed by atoms with E-state index in [9.17, 15) is 22.8 Å². The van der Waals surface area contributed by atoms with E-state index in [0.29, 0.717) is 16.7 Å². The number of rotatable bonds is 7. The number of sulfonamides is 1. The first-order valence-electron chi connectivity index (χ1n) is 8.46. The molecule has 11 heteroatoms. The monoisotopic (exact) mass is 432 g/mol. The molecule has 156 valence electrons. The maximum absolute atomic E-state index is 11.8. The zero-order chi connectivity index (χ0) is 21.7. The van der Waals surface area contributed by atoms with Gasteiger partial charge in [0.2, 0.25) is 10.0 Å². The van der Waals surface area contributed by atoms with Crippen molar-refractivity contribution in [2.24, 2.45) is 5.14 Å². The van der Waals surface area contributed by atoms with Crippen LogP contribution >= 0.6 is 0 Å². The number of benzene rings is 2. The van der Waals surface area contributed by atoms with Gasteiger partial charge in [-0.3, -0.25) is 4.79 Å². The molecule has 3 aromatic rings. The van der Waals surface area contributed by atoms with Crippen LogP contribution in [0.2, 0.25) is 0 Å². The molecule has 0 saturated carbocycles. The number of nitrogens with two attached hydrogens (primary N) is 1. The van der Waals surface area contributed by atoms with Crippen LogP contribution in [0.1, 0.15) is 0 Å². The molecule has 3 N–H and O–H groups in total. The van der Waals surface area contributed by atoms with Gasteiger partial charge < -0.3 is 19.2 Å². The Morgan fingerprint density at radius 3 is 2.40 bits per heavy atom. The fourth-order valence-electron chi connectivity index (χ4n) is 2.39. The maximum atomic E-state index is 11.8. The fourth-order valence-corrected chi connectivity index (χ4v) is 2.90. The fraction of sp³-hybridized carbons (Fsp3) is 0.105. The van der Waals surface area contributed by atoms with E-state index >= 15 is 0 Å². The van der Waals surface area contributed by atoms with E-state index in [-0.39, 0.29) is 10.6 Å². The van der Waals surface area contributed by atoms with Crippen molar-refractivity contribution in [2.75, 3.05) is 18.5 Å². The van der Waals surface area contributed by atoms with Gasteiger partial charge in [-0.1, -0.05) is 0 Å². The lowest BCUT2D eigenvalue weighted by Crippen LogP contribution is -2.23. The van der Waals surface area contributed by atoms with Crippen LogP contribution in [0.15, 0.2) is 68.7 Å². The summed E-state index contributed by atoms with van der Waals surface area (Å²) in [6, 6.07) is 12.8. The minimum atomic E-state index is -3.83. The van der Waals surface area contributed by atoms with E-state index < -0.39 is 40.7 Å².